The minimum absolute atomic E-state index is 0.0313. The molecule has 1 aliphatic rings. The minimum atomic E-state index is -0.840. The number of amides is 1. The van der Waals surface area contributed by atoms with Crippen LogP contribution in [0, 0.1) is 5.92 Å². The van der Waals surface area contributed by atoms with Crippen molar-refractivity contribution in [2.45, 2.75) is 32.2 Å². The van der Waals surface area contributed by atoms with E-state index >= 15 is 0 Å². The van der Waals surface area contributed by atoms with Gasteiger partial charge < -0.3 is 16.2 Å². The van der Waals surface area contributed by atoms with E-state index in [-0.39, 0.29) is 24.3 Å². The van der Waals surface area contributed by atoms with Crippen molar-refractivity contribution in [3.05, 3.63) is 29.3 Å². The molecule has 2 unspecified atom stereocenters. The normalized spacial score (nSPS) is 17.3. The number of anilines is 1. The molecule has 1 aromatic carbocycles. The number of rotatable bonds is 4. The Kier molecular flexibility index (Phi) is 3.85. The second kappa shape index (κ2) is 5.40. The Bertz CT molecular complexity index is 513. The van der Waals surface area contributed by atoms with Crippen LogP contribution in [0.5, 0.6) is 0 Å². The molecule has 102 valence electrons. The van der Waals surface area contributed by atoms with Gasteiger partial charge in [0.15, 0.2) is 0 Å². The van der Waals surface area contributed by atoms with Crippen molar-refractivity contribution >= 4 is 17.6 Å². The molecule has 19 heavy (non-hydrogen) atoms. The molecule has 0 aromatic heterocycles. The first-order valence-electron chi connectivity index (χ1n) is 6.37. The molecule has 5 heteroatoms. The van der Waals surface area contributed by atoms with Crippen LogP contribution < -0.4 is 11.1 Å². The summed E-state index contributed by atoms with van der Waals surface area (Å²) in [7, 11) is 0. The van der Waals surface area contributed by atoms with E-state index in [1.807, 2.05) is 25.1 Å². The van der Waals surface area contributed by atoms with Crippen LogP contribution in [-0.2, 0) is 16.0 Å². The Labute approximate surface area is 111 Å². The number of nitrogens with one attached hydrogen (secondary N) is 1. The van der Waals surface area contributed by atoms with Crippen LogP contribution in [0.4, 0.5) is 5.69 Å². The number of carboxylic acid groups (broad SMARTS) is 1. The van der Waals surface area contributed by atoms with E-state index in [2.05, 4.69) is 5.32 Å². The van der Waals surface area contributed by atoms with Gasteiger partial charge in [0.25, 0.3) is 0 Å². The number of benzene rings is 1. The van der Waals surface area contributed by atoms with Crippen LogP contribution in [0.25, 0.3) is 0 Å². The third kappa shape index (κ3) is 3.12. The third-order valence-electron chi connectivity index (χ3n) is 3.52. The highest BCUT2D eigenvalue weighted by Gasteiger charge is 2.20. The minimum Gasteiger partial charge on any atom is -0.481 e. The van der Waals surface area contributed by atoms with Crippen LogP contribution in [-0.4, -0.2) is 17.0 Å². The maximum Gasteiger partial charge on any atom is 0.303 e. The van der Waals surface area contributed by atoms with Crippen molar-refractivity contribution in [3.8, 4) is 0 Å². The molecule has 1 aliphatic heterocycles. The molecular formula is C14H18N2O3. The summed E-state index contributed by atoms with van der Waals surface area (Å²) in [4.78, 5) is 22.0. The van der Waals surface area contributed by atoms with E-state index in [0.29, 0.717) is 12.8 Å². The van der Waals surface area contributed by atoms with E-state index in [4.69, 9.17) is 10.8 Å². The van der Waals surface area contributed by atoms with E-state index in [1.165, 1.54) is 0 Å². The maximum atomic E-state index is 11.3. The molecular weight excluding hydrogens is 244 g/mol. The number of hydrogen-bond acceptors (Lipinski definition) is 3. The number of aliphatic carboxylic acids is 1. The monoisotopic (exact) mass is 262 g/mol. The summed E-state index contributed by atoms with van der Waals surface area (Å²) in [5, 5.41) is 11.6. The predicted molar refractivity (Wildman–Crippen MR) is 71.7 cm³/mol. The predicted octanol–water partition coefficient (Wildman–Crippen LogP) is 1.68. The Hall–Kier alpha value is -1.88. The highest BCUT2D eigenvalue weighted by atomic mass is 16.4. The molecule has 4 N–H and O–H groups in total. The van der Waals surface area contributed by atoms with Crippen molar-refractivity contribution in [2.75, 3.05) is 5.32 Å². The molecule has 2 rings (SSSR count). The van der Waals surface area contributed by atoms with Gasteiger partial charge in [0, 0.05) is 24.6 Å². The summed E-state index contributed by atoms with van der Waals surface area (Å²) in [5.41, 5.74) is 8.91. The SMILES string of the molecule is CC(CC(=O)O)C(N)c1ccc2c(c1)CCC(=O)N2. The highest BCUT2D eigenvalue weighted by molar-refractivity contribution is 5.93. The van der Waals surface area contributed by atoms with E-state index in [0.717, 1.165) is 16.8 Å². The topological polar surface area (TPSA) is 92.4 Å². The van der Waals surface area contributed by atoms with Crippen LogP contribution in [0.15, 0.2) is 18.2 Å². The van der Waals surface area contributed by atoms with E-state index in [1.54, 1.807) is 0 Å². The lowest BCUT2D eigenvalue weighted by Gasteiger charge is -2.22. The molecule has 2 atom stereocenters. The van der Waals surface area contributed by atoms with Gasteiger partial charge in [-0.15, -0.1) is 0 Å². The van der Waals surface area contributed by atoms with Gasteiger partial charge in [0.2, 0.25) is 5.91 Å². The Morgan fingerprint density at radius 3 is 2.89 bits per heavy atom. The van der Waals surface area contributed by atoms with Gasteiger partial charge in [-0.05, 0) is 29.5 Å². The van der Waals surface area contributed by atoms with E-state index in [9.17, 15) is 9.59 Å². The molecule has 1 amide bonds. The number of carbonyl (C=O) groups is 2. The fraction of sp³-hybridized carbons (Fsp3) is 0.429. The number of fused-ring (bicyclic) bond motifs is 1. The molecule has 0 aliphatic carbocycles. The highest BCUT2D eigenvalue weighted by Crippen LogP contribution is 2.28. The van der Waals surface area contributed by atoms with Crippen LogP contribution >= 0.6 is 0 Å². The van der Waals surface area contributed by atoms with Crippen molar-refractivity contribution in [3.63, 3.8) is 0 Å². The molecule has 0 radical (unpaired) electrons. The van der Waals surface area contributed by atoms with Gasteiger partial charge in [0.1, 0.15) is 0 Å². The first-order chi connectivity index (χ1) is 8.97. The summed E-state index contributed by atoms with van der Waals surface area (Å²) in [6.07, 6.45) is 1.24. The largest absolute Gasteiger partial charge is 0.481 e. The molecule has 0 saturated heterocycles. The van der Waals surface area contributed by atoms with Gasteiger partial charge in [-0.3, -0.25) is 9.59 Å². The van der Waals surface area contributed by atoms with Crippen LogP contribution in [0.3, 0.4) is 0 Å². The quantitative estimate of drug-likeness (QED) is 0.769. The number of carbonyl (C=O) groups excluding carboxylic acids is 1. The average molecular weight is 262 g/mol. The fourth-order valence-electron chi connectivity index (χ4n) is 2.34. The summed E-state index contributed by atoms with van der Waals surface area (Å²) in [6.45, 7) is 1.83. The van der Waals surface area contributed by atoms with E-state index < -0.39 is 5.97 Å². The lowest BCUT2D eigenvalue weighted by molar-refractivity contribution is -0.138. The third-order valence-corrected chi connectivity index (χ3v) is 3.52. The van der Waals surface area contributed by atoms with Gasteiger partial charge in [-0.25, -0.2) is 0 Å². The van der Waals surface area contributed by atoms with Crippen molar-refractivity contribution in [1.82, 2.24) is 0 Å². The summed E-state index contributed by atoms with van der Waals surface area (Å²) in [6, 6.07) is 5.36. The molecule has 0 saturated carbocycles. The zero-order valence-corrected chi connectivity index (χ0v) is 10.8. The van der Waals surface area contributed by atoms with Crippen LogP contribution in [0.2, 0.25) is 0 Å². The average Bonchev–Trinajstić information content (AvgIpc) is 2.36. The smallest absolute Gasteiger partial charge is 0.303 e. The molecule has 0 fully saturated rings. The second-order valence-corrected chi connectivity index (χ2v) is 5.07. The summed E-state index contributed by atoms with van der Waals surface area (Å²) >= 11 is 0. The zero-order valence-electron chi connectivity index (χ0n) is 10.8. The Balaban J connectivity index is 2.17. The summed E-state index contributed by atoms with van der Waals surface area (Å²) in [5.74, 6) is -0.939. The molecule has 0 bridgehead atoms. The Morgan fingerprint density at radius 2 is 2.21 bits per heavy atom. The molecule has 1 heterocycles. The number of nitrogens with two attached hydrogens (primary N) is 1. The molecule has 5 nitrogen and oxygen atoms in total. The molecule has 0 spiro atoms. The number of carboxylic acids is 1. The lowest BCUT2D eigenvalue weighted by Crippen LogP contribution is -2.23. The van der Waals surface area contributed by atoms with Crippen LogP contribution in [0.1, 0.15) is 36.9 Å². The molecule has 1 aromatic rings. The second-order valence-electron chi connectivity index (χ2n) is 5.07. The first-order valence-corrected chi connectivity index (χ1v) is 6.37. The Morgan fingerprint density at radius 1 is 1.47 bits per heavy atom. The van der Waals surface area contributed by atoms with Crippen molar-refractivity contribution < 1.29 is 14.7 Å². The lowest BCUT2D eigenvalue weighted by atomic mass is 9.90. The van der Waals surface area contributed by atoms with Gasteiger partial charge in [0.05, 0.1) is 0 Å². The van der Waals surface area contributed by atoms with Gasteiger partial charge >= 0.3 is 5.97 Å². The van der Waals surface area contributed by atoms with Gasteiger partial charge in [-0.2, -0.15) is 0 Å². The first kappa shape index (κ1) is 13.5. The summed E-state index contributed by atoms with van der Waals surface area (Å²) < 4.78 is 0. The standard InChI is InChI=1S/C14H18N2O3/c1-8(6-13(18)19)14(15)10-2-4-11-9(7-10)3-5-12(17)16-11/h2,4,7-8,14H,3,5-6,15H2,1H3,(H,16,17)(H,18,19). The number of aryl methyl sites for hydroxylation is 1. The zero-order chi connectivity index (χ0) is 14.0. The van der Waals surface area contributed by atoms with Gasteiger partial charge in [-0.1, -0.05) is 19.1 Å². The van der Waals surface area contributed by atoms with Crippen molar-refractivity contribution in [1.29, 1.82) is 0 Å². The number of hydrogen-bond donors (Lipinski definition) is 3. The fourth-order valence-corrected chi connectivity index (χ4v) is 2.34. The maximum absolute atomic E-state index is 11.3. The van der Waals surface area contributed by atoms with Crippen molar-refractivity contribution in [2.24, 2.45) is 11.7 Å².